The van der Waals surface area contributed by atoms with Crippen molar-refractivity contribution in [2.24, 2.45) is 0 Å². The van der Waals surface area contributed by atoms with Gasteiger partial charge in [0.2, 0.25) is 0 Å². The molecule has 0 unspecified atom stereocenters. The minimum Gasteiger partial charge on any atom is -0.361 e. The topological polar surface area (TPSA) is 62.0 Å². The number of rotatable bonds is 3. The van der Waals surface area contributed by atoms with E-state index < -0.39 is 10.0 Å². The molecule has 102 valence electrons. The highest BCUT2D eigenvalue weighted by atomic mass is 127. The van der Waals surface area contributed by atoms with Crippen LogP contribution in [0.1, 0.15) is 0 Å². The molecule has 0 saturated carbocycles. The maximum atomic E-state index is 12.3. The maximum Gasteiger partial charge on any atom is 0.261 e. The van der Waals surface area contributed by atoms with Gasteiger partial charge in [0.05, 0.1) is 4.90 Å². The molecule has 0 saturated heterocycles. The van der Waals surface area contributed by atoms with Gasteiger partial charge < -0.3 is 4.98 Å². The first-order valence-corrected chi connectivity index (χ1v) is 8.46. The fourth-order valence-electron chi connectivity index (χ4n) is 1.94. The number of nitrogens with one attached hydrogen (secondary N) is 2. The van der Waals surface area contributed by atoms with Crippen molar-refractivity contribution in [1.29, 1.82) is 0 Å². The smallest absolute Gasteiger partial charge is 0.261 e. The number of aromatic nitrogens is 1. The molecule has 0 radical (unpaired) electrons. The third-order valence-electron chi connectivity index (χ3n) is 2.93. The second-order valence-corrected chi connectivity index (χ2v) is 7.27. The molecule has 0 amide bonds. The number of aromatic amines is 1. The van der Waals surface area contributed by atoms with Crippen LogP contribution in [0.2, 0.25) is 0 Å². The van der Waals surface area contributed by atoms with Gasteiger partial charge in [0, 0.05) is 26.4 Å². The third-order valence-corrected chi connectivity index (χ3v) is 5.05. The molecule has 20 heavy (non-hydrogen) atoms. The molecular formula is C14H11IN2O2S. The highest BCUT2D eigenvalue weighted by Crippen LogP contribution is 2.21. The fraction of sp³-hybridized carbons (Fsp3) is 0. The Morgan fingerprint density at radius 2 is 1.75 bits per heavy atom. The number of hydrogen-bond acceptors (Lipinski definition) is 2. The van der Waals surface area contributed by atoms with Crippen molar-refractivity contribution in [1.82, 2.24) is 4.98 Å². The molecule has 2 aromatic carbocycles. The van der Waals surface area contributed by atoms with E-state index in [-0.39, 0.29) is 4.90 Å². The summed E-state index contributed by atoms with van der Waals surface area (Å²) in [5.74, 6) is 0. The van der Waals surface area contributed by atoms with Crippen LogP contribution in [0, 0.1) is 3.57 Å². The molecule has 2 N–H and O–H groups in total. The predicted octanol–water partition coefficient (Wildman–Crippen LogP) is 3.57. The maximum absolute atomic E-state index is 12.3. The highest BCUT2D eigenvalue weighted by molar-refractivity contribution is 14.1. The van der Waals surface area contributed by atoms with Crippen LogP contribution in [0.3, 0.4) is 0 Å². The minimum atomic E-state index is -3.55. The van der Waals surface area contributed by atoms with Crippen LogP contribution in [0.5, 0.6) is 0 Å². The molecule has 0 aliphatic rings. The molecule has 4 nitrogen and oxygen atoms in total. The average molecular weight is 398 g/mol. The first-order valence-electron chi connectivity index (χ1n) is 5.90. The quantitative estimate of drug-likeness (QED) is 0.663. The van der Waals surface area contributed by atoms with Gasteiger partial charge in [-0.05, 0) is 71.1 Å². The zero-order chi connectivity index (χ0) is 14.2. The van der Waals surface area contributed by atoms with E-state index in [0.29, 0.717) is 5.69 Å². The van der Waals surface area contributed by atoms with E-state index in [9.17, 15) is 8.42 Å². The van der Waals surface area contributed by atoms with Crippen molar-refractivity contribution < 1.29 is 8.42 Å². The van der Waals surface area contributed by atoms with Crippen LogP contribution in [-0.4, -0.2) is 13.4 Å². The van der Waals surface area contributed by atoms with Gasteiger partial charge in [-0.1, -0.05) is 0 Å². The summed E-state index contributed by atoms with van der Waals surface area (Å²) in [6, 6.07) is 14.0. The molecule has 3 rings (SSSR count). The summed E-state index contributed by atoms with van der Waals surface area (Å²) in [6.07, 6.45) is 1.82. The summed E-state index contributed by atoms with van der Waals surface area (Å²) in [7, 11) is -3.55. The van der Waals surface area contributed by atoms with Crippen molar-refractivity contribution in [2.75, 3.05) is 4.72 Å². The SMILES string of the molecule is O=S(=O)(Nc1ccc2[nH]ccc2c1)c1ccc(I)cc1. The minimum absolute atomic E-state index is 0.257. The molecule has 3 aromatic rings. The van der Waals surface area contributed by atoms with E-state index >= 15 is 0 Å². The van der Waals surface area contributed by atoms with Crippen molar-refractivity contribution in [3.05, 3.63) is 58.3 Å². The number of sulfonamides is 1. The number of fused-ring (bicyclic) bond motifs is 1. The molecular weight excluding hydrogens is 387 g/mol. The lowest BCUT2D eigenvalue weighted by molar-refractivity contribution is 0.601. The molecule has 1 aromatic heterocycles. The van der Waals surface area contributed by atoms with Gasteiger partial charge in [0.25, 0.3) is 10.0 Å². The van der Waals surface area contributed by atoms with E-state index in [0.717, 1.165) is 14.5 Å². The van der Waals surface area contributed by atoms with Crippen LogP contribution in [-0.2, 0) is 10.0 Å². The first kappa shape index (κ1) is 13.4. The van der Waals surface area contributed by atoms with Gasteiger partial charge in [-0.15, -0.1) is 0 Å². The van der Waals surface area contributed by atoms with E-state index in [1.807, 2.05) is 18.3 Å². The summed E-state index contributed by atoms with van der Waals surface area (Å²) in [5, 5.41) is 0.966. The predicted molar refractivity (Wildman–Crippen MR) is 88.3 cm³/mol. The second kappa shape index (κ2) is 5.10. The Balaban J connectivity index is 1.94. The number of H-pyrrole nitrogens is 1. The Labute approximate surface area is 130 Å². The van der Waals surface area contributed by atoms with Gasteiger partial charge in [-0.25, -0.2) is 8.42 Å². The third kappa shape index (κ3) is 2.66. The van der Waals surface area contributed by atoms with Crippen molar-refractivity contribution >= 4 is 49.2 Å². The van der Waals surface area contributed by atoms with E-state index in [1.165, 1.54) is 0 Å². The fourth-order valence-corrected chi connectivity index (χ4v) is 3.35. The van der Waals surface area contributed by atoms with Crippen LogP contribution in [0.25, 0.3) is 10.9 Å². The molecule has 0 aliphatic heterocycles. The number of anilines is 1. The van der Waals surface area contributed by atoms with Gasteiger partial charge in [-0.2, -0.15) is 0 Å². The van der Waals surface area contributed by atoms with Gasteiger partial charge in [0.1, 0.15) is 0 Å². The molecule has 0 bridgehead atoms. The van der Waals surface area contributed by atoms with Crippen LogP contribution >= 0.6 is 22.6 Å². The van der Waals surface area contributed by atoms with Crippen LogP contribution in [0.4, 0.5) is 5.69 Å². The van der Waals surface area contributed by atoms with Gasteiger partial charge in [0.15, 0.2) is 0 Å². The molecule has 1 heterocycles. The molecule has 6 heteroatoms. The Morgan fingerprint density at radius 1 is 1.00 bits per heavy atom. The Kier molecular flexibility index (Phi) is 3.43. The molecule has 0 atom stereocenters. The zero-order valence-electron chi connectivity index (χ0n) is 10.3. The van der Waals surface area contributed by atoms with E-state index in [1.54, 1.807) is 36.4 Å². The van der Waals surface area contributed by atoms with Crippen molar-refractivity contribution in [2.45, 2.75) is 4.90 Å². The Hall–Kier alpha value is -1.54. The standard InChI is InChI=1S/C14H11IN2O2S/c15-11-1-4-13(5-2-11)20(18,19)17-12-3-6-14-10(9-12)7-8-16-14/h1-9,16-17H. The summed E-state index contributed by atoms with van der Waals surface area (Å²) in [5.41, 5.74) is 1.53. The van der Waals surface area contributed by atoms with Crippen LogP contribution < -0.4 is 4.72 Å². The van der Waals surface area contributed by atoms with Crippen LogP contribution in [0.15, 0.2) is 59.6 Å². The lowest BCUT2D eigenvalue weighted by Gasteiger charge is -2.08. The average Bonchev–Trinajstić information content (AvgIpc) is 2.86. The second-order valence-electron chi connectivity index (χ2n) is 4.34. The number of hydrogen-bond donors (Lipinski definition) is 2. The van der Waals surface area contributed by atoms with Crippen molar-refractivity contribution in [3.8, 4) is 0 Å². The van der Waals surface area contributed by atoms with E-state index in [2.05, 4.69) is 32.3 Å². The largest absolute Gasteiger partial charge is 0.361 e. The Bertz CT molecular complexity index is 854. The molecule has 0 aliphatic carbocycles. The summed E-state index contributed by atoms with van der Waals surface area (Å²) < 4.78 is 28.1. The highest BCUT2D eigenvalue weighted by Gasteiger charge is 2.14. The number of halogens is 1. The molecule has 0 spiro atoms. The summed E-state index contributed by atoms with van der Waals surface area (Å²) in [4.78, 5) is 3.33. The van der Waals surface area contributed by atoms with Gasteiger partial charge in [-0.3, -0.25) is 4.72 Å². The zero-order valence-corrected chi connectivity index (χ0v) is 13.3. The monoisotopic (exact) mass is 398 g/mol. The summed E-state index contributed by atoms with van der Waals surface area (Å²) in [6.45, 7) is 0. The molecule has 0 fully saturated rings. The van der Waals surface area contributed by atoms with E-state index in [4.69, 9.17) is 0 Å². The van der Waals surface area contributed by atoms with Crippen molar-refractivity contribution in [3.63, 3.8) is 0 Å². The lowest BCUT2D eigenvalue weighted by atomic mass is 10.2. The number of benzene rings is 2. The first-order chi connectivity index (χ1) is 9.54. The normalized spacial score (nSPS) is 11.7. The summed E-state index contributed by atoms with van der Waals surface area (Å²) >= 11 is 2.14. The Morgan fingerprint density at radius 3 is 2.50 bits per heavy atom. The lowest BCUT2D eigenvalue weighted by Crippen LogP contribution is -2.12. The van der Waals surface area contributed by atoms with Gasteiger partial charge >= 0.3 is 0 Å².